The van der Waals surface area contributed by atoms with Crippen LogP contribution in [-0.2, 0) is 0 Å². The van der Waals surface area contributed by atoms with Crippen LogP contribution in [0.4, 0.5) is 0 Å². The molecule has 2 rings (SSSR count). The van der Waals surface area contributed by atoms with Gasteiger partial charge in [-0.05, 0) is 61.3 Å². The van der Waals surface area contributed by atoms with Crippen molar-refractivity contribution in [2.75, 3.05) is 6.54 Å². The zero-order chi connectivity index (χ0) is 14.8. The van der Waals surface area contributed by atoms with Crippen molar-refractivity contribution < 1.29 is 0 Å². The lowest BCUT2D eigenvalue weighted by atomic mass is 9.58. The summed E-state index contributed by atoms with van der Waals surface area (Å²) in [7, 11) is 0. The molecule has 1 heteroatoms. The van der Waals surface area contributed by atoms with Gasteiger partial charge in [-0.25, -0.2) is 0 Å². The van der Waals surface area contributed by atoms with E-state index in [1.165, 1.54) is 44.9 Å². The number of rotatable bonds is 4. The van der Waals surface area contributed by atoms with Crippen LogP contribution in [0.1, 0.15) is 79.6 Å². The van der Waals surface area contributed by atoms with Crippen molar-refractivity contribution in [3.8, 4) is 0 Å². The molecule has 0 amide bonds. The molecule has 3 unspecified atom stereocenters. The summed E-state index contributed by atoms with van der Waals surface area (Å²) in [6.07, 6.45) is 10.1. The summed E-state index contributed by atoms with van der Waals surface area (Å²) in [5.74, 6) is 3.73. The molecule has 0 bridgehead atoms. The third-order valence-electron chi connectivity index (χ3n) is 6.60. The Morgan fingerprint density at radius 3 is 2.10 bits per heavy atom. The van der Waals surface area contributed by atoms with Crippen molar-refractivity contribution in [2.45, 2.75) is 85.6 Å². The molecular formula is C19H37N. The van der Waals surface area contributed by atoms with Crippen LogP contribution < -0.4 is 5.32 Å². The van der Waals surface area contributed by atoms with Crippen LogP contribution in [0, 0.1) is 29.1 Å². The second kappa shape index (κ2) is 6.81. The maximum atomic E-state index is 3.82. The molecule has 0 aromatic rings. The first-order valence-corrected chi connectivity index (χ1v) is 9.18. The molecule has 0 heterocycles. The van der Waals surface area contributed by atoms with E-state index in [0.717, 1.165) is 36.3 Å². The smallest absolute Gasteiger partial charge is 0.0103 e. The van der Waals surface area contributed by atoms with E-state index in [0.29, 0.717) is 5.41 Å². The summed E-state index contributed by atoms with van der Waals surface area (Å²) in [4.78, 5) is 0. The van der Waals surface area contributed by atoms with Crippen molar-refractivity contribution in [1.29, 1.82) is 0 Å². The average Bonchev–Trinajstić information content (AvgIpc) is 2.39. The third kappa shape index (κ3) is 3.59. The largest absolute Gasteiger partial charge is 0.314 e. The standard InChI is InChI=1S/C19H37N/c1-6-20-18-13-15(3)9-12-17(18)19(4,5)16-10-7-14(2)8-11-16/h14-18,20H,6-13H2,1-5H3. The van der Waals surface area contributed by atoms with Gasteiger partial charge in [0.2, 0.25) is 0 Å². The summed E-state index contributed by atoms with van der Waals surface area (Å²) in [5.41, 5.74) is 0.521. The van der Waals surface area contributed by atoms with Crippen molar-refractivity contribution in [1.82, 2.24) is 5.32 Å². The fourth-order valence-electron chi connectivity index (χ4n) is 5.07. The first kappa shape index (κ1) is 16.3. The predicted molar refractivity (Wildman–Crippen MR) is 88.9 cm³/mol. The molecule has 0 aromatic heterocycles. The van der Waals surface area contributed by atoms with E-state index in [1.807, 2.05) is 0 Å². The highest BCUT2D eigenvalue weighted by molar-refractivity contribution is 4.95. The van der Waals surface area contributed by atoms with Gasteiger partial charge in [0, 0.05) is 6.04 Å². The summed E-state index contributed by atoms with van der Waals surface area (Å²) < 4.78 is 0. The van der Waals surface area contributed by atoms with Gasteiger partial charge in [0.25, 0.3) is 0 Å². The van der Waals surface area contributed by atoms with Gasteiger partial charge in [0.15, 0.2) is 0 Å². The molecule has 0 saturated heterocycles. The van der Waals surface area contributed by atoms with E-state index in [4.69, 9.17) is 0 Å². The molecule has 1 N–H and O–H groups in total. The second-order valence-electron chi connectivity index (χ2n) is 8.47. The summed E-state index contributed by atoms with van der Waals surface area (Å²) in [6.45, 7) is 13.4. The van der Waals surface area contributed by atoms with Crippen LogP contribution in [0.25, 0.3) is 0 Å². The van der Waals surface area contributed by atoms with Crippen molar-refractivity contribution in [3.05, 3.63) is 0 Å². The Morgan fingerprint density at radius 1 is 0.900 bits per heavy atom. The lowest BCUT2D eigenvalue weighted by Gasteiger charge is -2.50. The Hall–Kier alpha value is -0.0400. The van der Waals surface area contributed by atoms with E-state index in [9.17, 15) is 0 Å². The van der Waals surface area contributed by atoms with Gasteiger partial charge < -0.3 is 5.32 Å². The SMILES string of the molecule is CCNC1CC(C)CCC1C(C)(C)C1CCC(C)CC1. The van der Waals surface area contributed by atoms with Crippen LogP contribution in [0.3, 0.4) is 0 Å². The van der Waals surface area contributed by atoms with Crippen LogP contribution in [-0.4, -0.2) is 12.6 Å². The quantitative estimate of drug-likeness (QED) is 0.741. The zero-order valence-electron chi connectivity index (χ0n) is 14.5. The number of nitrogens with one attached hydrogen (secondary N) is 1. The average molecular weight is 280 g/mol. The lowest BCUT2D eigenvalue weighted by Crippen LogP contribution is -2.49. The molecule has 2 aliphatic carbocycles. The van der Waals surface area contributed by atoms with Crippen molar-refractivity contribution >= 4 is 0 Å². The van der Waals surface area contributed by atoms with Crippen molar-refractivity contribution in [2.24, 2.45) is 29.1 Å². The first-order valence-electron chi connectivity index (χ1n) is 9.18. The maximum Gasteiger partial charge on any atom is 0.0103 e. The van der Waals surface area contributed by atoms with Gasteiger partial charge in [-0.3, -0.25) is 0 Å². The fraction of sp³-hybridized carbons (Fsp3) is 1.00. The highest BCUT2D eigenvalue weighted by Crippen LogP contribution is 2.49. The van der Waals surface area contributed by atoms with Gasteiger partial charge in [0.05, 0.1) is 0 Å². The van der Waals surface area contributed by atoms with E-state index >= 15 is 0 Å². The minimum absolute atomic E-state index is 0.521. The maximum absolute atomic E-state index is 3.82. The molecular weight excluding hydrogens is 242 g/mol. The van der Waals surface area contributed by atoms with Gasteiger partial charge in [-0.1, -0.05) is 53.9 Å². The molecule has 3 atom stereocenters. The molecule has 2 fully saturated rings. The molecule has 1 nitrogen and oxygen atoms in total. The van der Waals surface area contributed by atoms with Gasteiger partial charge in [-0.15, -0.1) is 0 Å². The fourth-order valence-corrected chi connectivity index (χ4v) is 5.07. The van der Waals surface area contributed by atoms with Gasteiger partial charge in [-0.2, -0.15) is 0 Å². The lowest BCUT2D eigenvalue weighted by molar-refractivity contribution is 0.0202. The Bertz CT molecular complexity index is 288. The highest BCUT2D eigenvalue weighted by Gasteiger charge is 2.43. The van der Waals surface area contributed by atoms with E-state index in [1.54, 1.807) is 0 Å². The van der Waals surface area contributed by atoms with Crippen LogP contribution in [0.5, 0.6) is 0 Å². The van der Waals surface area contributed by atoms with E-state index in [2.05, 4.69) is 39.9 Å². The zero-order valence-corrected chi connectivity index (χ0v) is 14.5. The molecule has 0 aromatic carbocycles. The van der Waals surface area contributed by atoms with Gasteiger partial charge >= 0.3 is 0 Å². The van der Waals surface area contributed by atoms with Crippen molar-refractivity contribution in [3.63, 3.8) is 0 Å². The minimum Gasteiger partial charge on any atom is -0.314 e. The topological polar surface area (TPSA) is 12.0 Å². The predicted octanol–water partition coefficient (Wildman–Crippen LogP) is 5.25. The number of hydrogen-bond acceptors (Lipinski definition) is 1. The Morgan fingerprint density at radius 2 is 1.50 bits per heavy atom. The summed E-state index contributed by atoms with van der Waals surface area (Å²) in [5, 5.41) is 3.82. The van der Waals surface area contributed by atoms with E-state index < -0.39 is 0 Å². The molecule has 2 saturated carbocycles. The summed E-state index contributed by atoms with van der Waals surface area (Å²) in [6, 6.07) is 0.762. The summed E-state index contributed by atoms with van der Waals surface area (Å²) >= 11 is 0. The minimum atomic E-state index is 0.521. The molecule has 0 aliphatic heterocycles. The molecule has 118 valence electrons. The second-order valence-corrected chi connectivity index (χ2v) is 8.47. The Labute approximate surface area is 127 Å². The van der Waals surface area contributed by atoms with Crippen LogP contribution in [0.15, 0.2) is 0 Å². The third-order valence-corrected chi connectivity index (χ3v) is 6.60. The highest BCUT2D eigenvalue weighted by atomic mass is 14.9. The molecule has 0 spiro atoms. The van der Waals surface area contributed by atoms with E-state index in [-0.39, 0.29) is 0 Å². The Balaban J connectivity index is 2.05. The normalized spacial score (nSPS) is 39.8. The van der Waals surface area contributed by atoms with Crippen LogP contribution in [0.2, 0.25) is 0 Å². The number of hydrogen-bond donors (Lipinski definition) is 1. The van der Waals surface area contributed by atoms with Crippen LogP contribution >= 0.6 is 0 Å². The van der Waals surface area contributed by atoms with Gasteiger partial charge in [0.1, 0.15) is 0 Å². The molecule has 0 radical (unpaired) electrons. The molecule has 20 heavy (non-hydrogen) atoms. The first-order chi connectivity index (χ1) is 9.45. The molecule has 2 aliphatic rings. The Kier molecular flexibility index (Phi) is 5.56. The monoisotopic (exact) mass is 279 g/mol.